The first-order chi connectivity index (χ1) is 9.20. The first-order valence-corrected chi connectivity index (χ1v) is 8.23. The lowest BCUT2D eigenvalue weighted by Gasteiger charge is -2.36. The maximum absolute atomic E-state index is 12.5. The molecule has 1 aliphatic carbocycles. The van der Waals surface area contributed by atoms with Crippen LogP contribution in [-0.2, 0) is 4.79 Å². The van der Waals surface area contributed by atoms with Crippen LogP contribution >= 0.6 is 0 Å². The fraction of sp³-hybridized carbons (Fsp3) is 0.938. The molecule has 0 aromatic rings. The summed E-state index contributed by atoms with van der Waals surface area (Å²) in [4.78, 5) is 14.6. The van der Waals surface area contributed by atoms with E-state index in [-0.39, 0.29) is 0 Å². The molecule has 1 saturated carbocycles. The Morgan fingerprint density at radius 1 is 1.26 bits per heavy atom. The van der Waals surface area contributed by atoms with Crippen molar-refractivity contribution in [2.75, 3.05) is 19.6 Å². The molecule has 1 atom stereocenters. The Morgan fingerprint density at radius 2 is 2.00 bits per heavy atom. The van der Waals surface area contributed by atoms with Gasteiger partial charge in [0, 0.05) is 31.6 Å². The third kappa shape index (κ3) is 4.20. The van der Waals surface area contributed by atoms with Gasteiger partial charge in [-0.05, 0) is 38.5 Å². The highest BCUT2D eigenvalue weighted by Gasteiger charge is 2.30. The lowest BCUT2D eigenvalue weighted by Crippen LogP contribution is -2.53. The van der Waals surface area contributed by atoms with Gasteiger partial charge in [0.15, 0.2) is 0 Å². The van der Waals surface area contributed by atoms with Gasteiger partial charge < -0.3 is 10.2 Å². The van der Waals surface area contributed by atoms with E-state index in [4.69, 9.17) is 0 Å². The minimum absolute atomic E-state index is 0.322. The molecule has 0 radical (unpaired) electrons. The highest BCUT2D eigenvalue weighted by Crippen LogP contribution is 2.33. The van der Waals surface area contributed by atoms with Crippen LogP contribution in [0.5, 0.6) is 0 Å². The number of carbonyl (C=O) groups excluding carboxylic acids is 1. The lowest BCUT2D eigenvalue weighted by molar-refractivity contribution is -0.138. The van der Waals surface area contributed by atoms with Crippen molar-refractivity contribution in [2.45, 2.75) is 64.8 Å². The molecule has 0 aromatic carbocycles. The molecule has 1 heterocycles. The van der Waals surface area contributed by atoms with Crippen molar-refractivity contribution >= 4 is 5.91 Å². The summed E-state index contributed by atoms with van der Waals surface area (Å²) in [6.07, 6.45) is 8.85. The molecule has 1 unspecified atom stereocenters. The van der Waals surface area contributed by atoms with E-state index >= 15 is 0 Å². The number of hydrogen-bond acceptors (Lipinski definition) is 2. The highest BCUT2D eigenvalue weighted by atomic mass is 16.2. The summed E-state index contributed by atoms with van der Waals surface area (Å²) in [6, 6.07) is 0.457. The molecule has 2 aliphatic rings. The van der Waals surface area contributed by atoms with Crippen LogP contribution in [0.15, 0.2) is 0 Å². The van der Waals surface area contributed by atoms with E-state index in [1.165, 1.54) is 32.1 Å². The van der Waals surface area contributed by atoms with Crippen LogP contribution in [0.25, 0.3) is 0 Å². The molecule has 2 rings (SSSR count). The van der Waals surface area contributed by atoms with Crippen LogP contribution in [0, 0.1) is 11.8 Å². The van der Waals surface area contributed by atoms with Gasteiger partial charge in [-0.25, -0.2) is 0 Å². The molecule has 2 fully saturated rings. The van der Waals surface area contributed by atoms with Crippen LogP contribution in [0.1, 0.15) is 58.8 Å². The van der Waals surface area contributed by atoms with Gasteiger partial charge in [-0.1, -0.05) is 26.2 Å². The number of nitrogens with one attached hydrogen (secondary N) is 1. The van der Waals surface area contributed by atoms with Gasteiger partial charge in [-0.2, -0.15) is 0 Å². The molecule has 19 heavy (non-hydrogen) atoms. The Kier molecular flexibility index (Phi) is 5.68. The Morgan fingerprint density at radius 3 is 2.63 bits per heavy atom. The summed E-state index contributed by atoms with van der Waals surface area (Å²) < 4.78 is 0. The molecular formula is C16H30N2O. The molecular weight excluding hydrogens is 236 g/mol. The van der Waals surface area contributed by atoms with Gasteiger partial charge in [0.25, 0.3) is 0 Å². The molecule has 3 heteroatoms. The van der Waals surface area contributed by atoms with E-state index in [0.717, 1.165) is 38.4 Å². The molecule has 1 amide bonds. The standard InChI is InChI=1S/C16H30N2O/c1-3-4-5-14-6-8-15(9-7-14)16(19)18-11-10-17-13(2)12-18/h13-15,17H,3-12H2,1-2H3. The molecule has 3 nitrogen and oxygen atoms in total. The summed E-state index contributed by atoms with van der Waals surface area (Å²) in [5.41, 5.74) is 0. The summed E-state index contributed by atoms with van der Waals surface area (Å²) in [5, 5.41) is 3.41. The van der Waals surface area contributed by atoms with Crippen molar-refractivity contribution in [3.05, 3.63) is 0 Å². The minimum atomic E-state index is 0.322. The first-order valence-electron chi connectivity index (χ1n) is 8.23. The largest absolute Gasteiger partial charge is 0.340 e. The van der Waals surface area contributed by atoms with Gasteiger partial charge in [0.2, 0.25) is 5.91 Å². The molecule has 1 aliphatic heterocycles. The Bertz CT molecular complexity index is 284. The first kappa shape index (κ1) is 14.8. The summed E-state index contributed by atoms with van der Waals surface area (Å²) >= 11 is 0. The number of piperazine rings is 1. The maximum Gasteiger partial charge on any atom is 0.225 e. The van der Waals surface area contributed by atoms with Crippen molar-refractivity contribution in [2.24, 2.45) is 11.8 Å². The molecule has 1 saturated heterocycles. The van der Waals surface area contributed by atoms with Crippen molar-refractivity contribution < 1.29 is 4.79 Å². The zero-order valence-electron chi connectivity index (χ0n) is 12.7. The molecule has 110 valence electrons. The van der Waals surface area contributed by atoms with E-state index in [1.54, 1.807) is 0 Å². The van der Waals surface area contributed by atoms with Gasteiger partial charge >= 0.3 is 0 Å². The lowest BCUT2D eigenvalue weighted by atomic mass is 9.79. The SMILES string of the molecule is CCCCC1CCC(C(=O)N2CCNC(C)C2)CC1. The molecule has 0 aromatic heterocycles. The number of carbonyl (C=O) groups is 1. The number of hydrogen-bond donors (Lipinski definition) is 1. The Balaban J connectivity index is 1.75. The normalized spacial score (nSPS) is 32.3. The minimum Gasteiger partial charge on any atom is -0.340 e. The van der Waals surface area contributed by atoms with Gasteiger partial charge in [0.05, 0.1) is 0 Å². The summed E-state index contributed by atoms with van der Waals surface area (Å²) in [7, 11) is 0. The molecule has 0 spiro atoms. The van der Waals surface area contributed by atoms with Crippen molar-refractivity contribution in [1.82, 2.24) is 10.2 Å². The second-order valence-electron chi connectivity index (χ2n) is 6.50. The van der Waals surface area contributed by atoms with Crippen molar-refractivity contribution in [1.29, 1.82) is 0 Å². The predicted molar refractivity (Wildman–Crippen MR) is 79.0 cm³/mol. The van der Waals surface area contributed by atoms with Crippen molar-refractivity contribution in [3.8, 4) is 0 Å². The number of rotatable bonds is 4. The van der Waals surface area contributed by atoms with Crippen LogP contribution in [0.3, 0.4) is 0 Å². The average Bonchev–Trinajstić information content (AvgIpc) is 2.45. The second kappa shape index (κ2) is 7.28. The summed E-state index contributed by atoms with van der Waals surface area (Å²) in [5.74, 6) is 1.65. The van der Waals surface area contributed by atoms with Gasteiger partial charge in [-0.15, -0.1) is 0 Å². The topological polar surface area (TPSA) is 32.3 Å². The zero-order valence-corrected chi connectivity index (χ0v) is 12.7. The van der Waals surface area contributed by atoms with Crippen LogP contribution in [-0.4, -0.2) is 36.5 Å². The van der Waals surface area contributed by atoms with E-state index in [1.807, 2.05) is 0 Å². The molecule has 1 N–H and O–H groups in total. The predicted octanol–water partition coefficient (Wildman–Crippen LogP) is 2.80. The van der Waals surface area contributed by atoms with Gasteiger partial charge in [-0.3, -0.25) is 4.79 Å². The van der Waals surface area contributed by atoms with E-state index in [9.17, 15) is 4.79 Å². The third-order valence-electron chi connectivity index (χ3n) is 4.84. The van der Waals surface area contributed by atoms with E-state index in [0.29, 0.717) is 17.9 Å². The smallest absolute Gasteiger partial charge is 0.225 e. The number of amides is 1. The van der Waals surface area contributed by atoms with E-state index in [2.05, 4.69) is 24.1 Å². The quantitative estimate of drug-likeness (QED) is 0.848. The van der Waals surface area contributed by atoms with E-state index < -0.39 is 0 Å². The van der Waals surface area contributed by atoms with Crippen LogP contribution in [0.2, 0.25) is 0 Å². The fourth-order valence-corrected chi connectivity index (χ4v) is 3.58. The highest BCUT2D eigenvalue weighted by molar-refractivity contribution is 5.79. The Labute approximate surface area is 118 Å². The zero-order chi connectivity index (χ0) is 13.7. The Hall–Kier alpha value is -0.570. The monoisotopic (exact) mass is 266 g/mol. The van der Waals surface area contributed by atoms with Crippen LogP contribution in [0.4, 0.5) is 0 Å². The average molecular weight is 266 g/mol. The van der Waals surface area contributed by atoms with Crippen molar-refractivity contribution in [3.63, 3.8) is 0 Å². The summed E-state index contributed by atoms with van der Waals surface area (Å²) in [6.45, 7) is 7.19. The molecule has 0 bridgehead atoms. The number of unbranched alkanes of at least 4 members (excludes halogenated alkanes) is 1. The maximum atomic E-state index is 12.5. The number of nitrogens with zero attached hydrogens (tertiary/aromatic N) is 1. The van der Waals surface area contributed by atoms with Crippen LogP contribution < -0.4 is 5.32 Å². The second-order valence-corrected chi connectivity index (χ2v) is 6.50. The third-order valence-corrected chi connectivity index (χ3v) is 4.84. The van der Waals surface area contributed by atoms with Gasteiger partial charge in [0.1, 0.15) is 0 Å². The fourth-order valence-electron chi connectivity index (χ4n) is 3.58.